The van der Waals surface area contributed by atoms with Gasteiger partial charge in [-0.05, 0) is 55.3 Å². The van der Waals surface area contributed by atoms with Gasteiger partial charge in [0.2, 0.25) is 17.7 Å². The Morgan fingerprint density at radius 1 is 0.975 bits per heavy atom. The van der Waals surface area contributed by atoms with Crippen LogP contribution < -0.4 is 15.5 Å². The van der Waals surface area contributed by atoms with Gasteiger partial charge in [-0.2, -0.15) is 0 Å². The van der Waals surface area contributed by atoms with Crippen LogP contribution in [-0.4, -0.2) is 38.8 Å². The molecule has 0 spiro atoms. The van der Waals surface area contributed by atoms with Crippen molar-refractivity contribution in [3.05, 3.63) is 84.2 Å². The first-order valence-electron chi connectivity index (χ1n) is 13.4. The van der Waals surface area contributed by atoms with Crippen LogP contribution in [0.3, 0.4) is 0 Å². The molecule has 3 amide bonds. The summed E-state index contributed by atoms with van der Waals surface area (Å²) in [4.78, 5) is 40.9. The maximum absolute atomic E-state index is 15.3. The van der Waals surface area contributed by atoms with E-state index in [0.29, 0.717) is 22.4 Å². The molecule has 1 unspecified atom stereocenters. The third-order valence-electron chi connectivity index (χ3n) is 7.10. The smallest absolute Gasteiger partial charge is 0.249 e. The van der Waals surface area contributed by atoms with Crippen LogP contribution in [0.2, 0.25) is 0 Å². The van der Waals surface area contributed by atoms with Crippen LogP contribution in [-0.2, 0) is 20.9 Å². The predicted molar refractivity (Wildman–Crippen MR) is 150 cm³/mol. The number of aromatic nitrogens is 3. The molecule has 9 nitrogen and oxygen atoms in total. The van der Waals surface area contributed by atoms with E-state index in [1.165, 1.54) is 28.6 Å². The molecule has 1 saturated carbocycles. The van der Waals surface area contributed by atoms with E-state index in [4.69, 9.17) is 0 Å². The van der Waals surface area contributed by atoms with Crippen LogP contribution >= 0.6 is 0 Å². The van der Waals surface area contributed by atoms with Crippen molar-refractivity contribution in [2.45, 2.75) is 57.7 Å². The van der Waals surface area contributed by atoms with Crippen LogP contribution in [0, 0.1) is 5.82 Å². The van der Waals surface area contributed by atoms with Crippen molar-refractivity contribution in [3.8, 4) is 0 Å². The van der Waals surface area contributed by atoms with E-state index in [-0.39, 0.29) is 24.1 Å². The van der Waals surface area contributed by atoms with Crippen LogP contribution in [0.1, 0.15) is 50.6 Å². The number of rotatable bonds is 8. The second-order valence-electron chi connectivity index (χ2n) is 10.00. The summed E-state index contributed by atoms with van der Waals surface area (Å²) in [6.07, 6.45) is 4.78. The van der Waals surface area contributed by atoms with Gasteiger partial charge in [-0.25, -0.2) is 9.07 Å². The number of nitrogens with zero attached hydrogens (tertiary/aromatic N) is 4. The Morgan fingerprint density at radius 3 is 2.40 bits per heavy atom. The first-order valence-corrected chi connectivity index (χ1v) is 13.4. The van der Waals surface area contributed by atoms with Crippen molar-refractivity contribution >= 4 is 40.1 Å². The molecule has 5 rings (SSSR count). The fourth-order valence-corrected chi connectivity index (χ4v) is 5.21. The number of para-hydroxylation sites is 1. The Labute approximate surface area is 231 Å². The summed E-state index contributed by atoms with van der Waals surface area (Å²) in [6.45, 7) is 1.17. The highest BCUT2D eigenvalue weighted by Crippen LogP contribution is 2.32. The number of carbonyl (C=O) groups excluding carboxylic acids is 3. The normalized spacial score (nSPS) is 14.4. The summed E-state index contributed by atoms with van der Waals surface area (Å²) in [5.74, 6) is -1.77. The highest BCUT2D eigenvalue weighted by atomic mass is 19.1. The lowest BCUT2D eigenvalue weighted by Crippen LogP contribution is -2.48. The molecule has 206 valence electrons. The first-order chi connectivity index (χ1) is 19.4. The number of anilines is 2. The highest BCUT2D eigenvalue weighted by Gasteiger charge is 2.36. The summed E-state index contributed by atoms with van der Waals surface area (Å²) in [5, 5.41) is 14.1. The van der Waals surface area contributed by atoms with Gasteiger partial charge in [-0.15, -0.1) is 5.10 Å². The minimum Gasteiger partial charge on any atom is -0.351 e. The lowest BCUT2D eigenvalue weighted by atomic mass is 9.94. The van der Waals surface area contributed by atoms with Gasteiger partial charge in [-0.3, -0.25) is 19.3 Å². The van der Waals surface area contributed by atoms with Crippen molar-refractivity contribution in [1.82, 2.24) is 20.3 Å². The third kappa shape index (κ3) is 6.01. The van der Waals surface area contributed by atoms with Crippen molar-refractivity contribution < 1.29 is 18.8 Å². The Bertz CT molecular complexity index is 1510. The average Bonchev–Trinajstić information content (AvgIpc) is 3.35. The molecule has 3 aromatic carbocycles. The molecular formula is C30H31FN6O3. The molecule has 1 atom stereocenters. The van der Waals surface area contributed by atoms with E-state index < -0.39 is 23.7 Å². The van der Waals surface area contributed by atoms with Gasteiger partial charge in [0.25, 0.3) is 0 Å². The van der Waals surface area contributed by atoms with E-state index in [0.717, 1.165) is 32.1 Å². The Hall–Kier alpha value is -4.60. The van der Waals surface area contributed by atoms with Gasteiger partial charge in [0.1, 0.15) is 23.9 Å². The first kappa shape index (κ1) is 27.0. The van der Waals surface area contributed by atoms with Gasteiger partial charge in [0, 0.05) is 29.9 Å². The van der Waals surface area contributed by atoms with Gasteiger partial charge >= 0.3 is 0 Å². The summed E-state index contributed by atoms with van der Waals surface area (Å²) in [7, 11) is 0. The number of amides is 3. The molecule has 1 heterocycles. The molecule has 4 aromatic rings. The fourth-order valence-electron chi connectivity index (χ4n) is 5.21. The van der Waals surface area contributed by atoms with Crippen LogP contribution in [0.4, 0.5) is 15.8 Å². The molecule has 0 saturated heterocycles. The third-order valence-corrected chi connectivity index (χ3v) is 7.10. The number of hydrogen-bond acceptors (Lipinski definition) is 5. The minimum atomic E-state index is -1.28. The average molecular weight is 543 g/mol. The topological polar surface area (TPSA) is 109 Å². The van der Waals surface area contributed by atoms with Crippen LogP contribution in [0.15, 0.2) is 72.8 Å². The molecule has 1 fully saturated rings. The number of carbonyl (C=O) groups is 3. The summed E-state index contributed by atoms with van der Waals surface area (Å²) >= 11 is 0. The number of fused-ring (bicyclic) bond motifs is 1. The quantitative estimate of drug-likeness (QED) is 0.334. The zero-order valence-corrected chi connectivity index (χ0v) is 22.2. The molecule has 1 aromatic heterocycles. The maximum Gasteiger partial charge on any atom is 0.249 e. The molecule has 1 aliphatic rings. The number of nitrogens with one attached hydrogen (secondary N) is 2. The van der Waals surface area contributed by atoms with E-state index in [2.05, 4.69) is 20.9 Å². The van der Waals surface area contributed by atoms with Crippen molar-refractivity contribution in [2.24, 2.45) is 0 Å². The number of hydrogen-bond donors (Lipinski definition) is 2. The Kier molecular flexibility index (Phi) is 8.14. The Morgan fingerprint density at radius 2 is 1.68 bits per heavy atom. The van der Waals surface area contributed by atoms with Crippen molar-refractivity contribution in [3.63, 3.8) is 0 Å². The highest BCUT2D eigenvalue weighted by molar-refractivity contribution is 6.02. The summed E-state index contributed by atoms with van der Waals surface area (Å²) < 4.78 is 16.8. The number of benzene rings is 3. The lowest BCUT2D eigenvalue weighted by Gasteiger charge is -2.33. The number of halogens is 1. The van der Waals surface area contributed by atoms with E-state index >= 15 is 4.39 Å². The monoisotopic (exact) mass is 542 g/mol. The molecule has 0 aliphatic heterocycles. The van der Waals surface area contributed by atoms with Gasteiger partial charge < -0.3 is 10.6 Å². The maximum atomic E-state index is 15.3. The second kappa shape index (κ2) is 12.1. The SMILES string of the molecule is CC(=O)Nc1ccc(N(C(=O)Cn2nnc3ccccc32)C(C(=O)NC2CCCCC2)c2ccccc2F)cc1. The molecule has 40 heavy (non-hydrogen) atoms. The van der Waals surface area contributed by atoms with Crippen molar-refractivity contribution in [2.75, 3.05) is 10.2 Å². The predicted octanol–water partition coefficient (Wildman–Crippen LogP) is 4.75. The minimum absolute atomic E-state index is 0.0473. The molecule has 10 heteroatoms. The second-order valence-corrected chi connectivity index (χ2v) is 10.00. The lowest BCUT2D eigenvalue weighted by molar-refractivity contribution is -0.127. The van der Waals surface area contributed by atoms with E-state index in [9.17, 15) is 14.4 Å². The zero-order valence-electron chi connectivity index (χ0n) is 22.2. The molecule has 2 N–H and O–H groups in total. The standard InChI is InChI=1S/C30H31FN6O3/c1-20(38)32-22-15-17-23(18-16-22)37(28(39)19-36-27-14-8-7-13-26(27)34-35-36)29(24-11-5-6-12-25(24)31)30(40)33-21-9-3-2-4-10-21/h5-8,11-18,21,29H,2-4,9-10,19H2,1H3,(H,32,38)(H,33,40). The zero-order chi connectivity index (χ0) is 28.1. The van der Waals surface area contributed by atoms with Crippen LogP contribution in [0.25, 0.3) is 11.0 Å². The van der Waals surface area contributed by atoms with E-state index in [1.807, 2.05) is 12.1 Å². The van der Waals surface area contributed by atoms with E-state index in [1.54, 1.807) is 48.5 Å². The summed E-state index contributed by atoms with van der Waals surface area (Å²) in [5.41, 5.74) is 2.27. The fraction of sp³-hybridized carbons (Fsp3) is 0.300. The van der Waals surface area contributed by atoms with Gasteiger partial charge in [0.15, 0.2) is 0 Å². The Balaban J connectivity index is 1.57. The van der Waals surface area contributed by atoms with Gasteiger partial charge in [0.05, 0.1) is 5.52 Å². The summed E-state index contributed by atoms with van der Waals surface area (Å²) in [6, 6.07) is 18.5. The molecule has 0 radical (unpaired) electrons. The largest absolute Gasteiger partial charge is 0.351 e. The van der Waals surface area contributed by atoms with Gasteiger partial charge in [-0.1, -0.05) is 54.8 Å². The molecule has 0 bridgehead atoms. The van der Waals surface area contributed by atoms with Crippen molar-refractivity contribution in [1.29, 1.82) is 0 Å². The van der Waals surface area contributed by atoms with Crippen LogP contribution in [0.5, 0.6) is 0 Å². The molecular weight excluding hydrogens is 511 g/mol. The molecule has 1 aliphatic carbocycles.